The SMILES string of the molecule is CCn1cc(S(=O)(=O)NC(COC)C(C)C)cc1C(=O)O. The van der Waals surface area contributed by atoms with Crippen molar-refractivity contribution < 1.29 is 23.1 Å². The number of hydrogen-bond donors (Lipinski definition) is 2. The van der Waals surface area contributed by atoms with Gasteiger partial charge in [-0.3, -0.25) is 0 Å². The Labute approximate surface area is 125 Å². The summed E-state index contributed by atoms with van der Waals surface area (Å²) in [4.78, 5) is 11.0. The minimum atomic E-state index is -3.79. The van der Waals surface area contributed by atoms with Gasteiger partial charge in [-0.05, 0) is 18.9 Å². The molecule has 1 atom stereocenters. The number of methoxy groups -OCH3 is 1. The minimum Gasteiger partial charge on any atom is -0.477 e. The molecule has 0 radical (unpaired) electrons. The van der Waals surface area contributed by atoms with E-state index in [0.29, 0.717) is 6.54 Å². The van der Waals surface area contributed by atoms with Crippen LogP contribution in [0.1, 0.15) is 31.3 Å². The lowest BCUT2D eigenvalue weighted by atomic mass is 10.1. The summed E-state index contributed by atoms with van der Waals surface area (Å²) in [6.45, 7) is 6.14. The Bertz CT molecular complexity index is 592. The van der Waals surface area contributed by atoms with E-state index < -0.39 is 16.0 Å². The van der Waals surface area contributed by atoms with Crippen LogP contribution in [0, 0.1) is 5.92 Å². The average Bonchev–Trinajstić information content (AvgIpc) is 2.83. The normalized spacial score (nSPS) is 13.6. The molecular weight excluding hydrogens is 296 g/mol. The Morgan fingerprint density at radius 1 is 1.48 bits per heavy atom. The van der Waals surface area contributed by atoms with Crippen molar-refractivity contribution in [2.75, 3.05) is 13.7 Å². The fourth-order valence-corrected chi connectivity index (χ4v) is 3.29. The van der Waals surface area contributed by atoms with Gasteiger partial charge >= 0.3 is 5.97 Å². The molecule has 7 nitrogen and oxygen atoms in total. The molecule has 0 aliphatic carbocycles. The third kappa shape index (κ3) is 4.29. The number of carboxylic acids is 1. The quantitative estimate of drug-likeness (QED) is 0.749. The van der Waals surface area contributed by atoms with Gasteiger partial charge in [0.25, 0.3) is 0 Å². The van der Waals surface area contributed by atoms with Crippen LogP contribution in [0.3, 0.4) is 0 Å². The van der Waals surface area contributed by atoms with Crippen molar-refractivity contribution in [3.63, 3.8) is 0 Å². The first-order valence-electron chi connectivity index (χ1n) is 6.67. The van der Waals surface area contributed by atoms with Crippen molar-refractivity contribution >= 4 is 16.0 Å². The number of hydrogen-bond acceptors (Lipinski definition) is 4. The van der Waals surface area contributed by atoms with Crippen molar-refractivity contribution in [1.29, 1.82) is 0 Å². The molecule has 1 aromatic rings. The van der Waals surface area contributed by atoms with Gasteiger partial charge in [0.15, 0.2) is 0 Å². The van der Waals surface area contributed by atoms with E-state index >= 15 is 0 Å². The second kappa shape index (κ2) is 7.06. The van der Waals surface area contributed by atoms with E-state index in [1.54, 1.807) is 6.92 Å². The predicted molar refractivity (Wildman–Crippen MR) is 77.9 cm³/mol. The van der Waals surface area contributed by atoms with E-state index in [0.717, 1.165) is 0 Å². The topological polar surface area (TPSA) is 97.6 Å². The number of carbonyl (C=O) groups is 1. The Kier molecular flexibility index (Phi) is 5.94. The van der Waals surface area contributed by atoms with E-state index in [4.69, 9.17) is 9.84 Å². The van der Waals surface area contributed by atoms with E-state index in [2.05, 4.69) is 4.72 Å². The number of carboxylic acid groups (broad SMARTS) is 1. The highest BCUT2D eigenvalue weighted by Crippen LogP contribution is 2.16. The molecule has 1 heterocycles. The van der Waals surface area contributed by atoms with Crippen LogP contribution in [-0.2, 0) is 21.3 Å². The molecule has 0 aliphatic heterocycles. The van der Waals surface area contributed by atoms with Crippen molar-refractivity contribution in [1.82, 2.24) is 9.29 Å². The first-order valence-corrected chi connectivity index (χ1v) is 8.16. The van der Waals surface area contributed by atoms with Crippen LogP contribution in [0.2, 0.25) is 0 Å². The van der Waals surface area contributed by atoms with Gasteiger partial charge in [-0.2, -0.15) is 0 Å². The number of ether oxygens (including phenoxy) is 1. The van der Waals surface area contributed by atoms with Crippen LogP contribution in [-0.4, -0.2) is 43.8 Å². The molecule has 0 fully saturated rings. The summed E-state index contributed by atoms with van der Waals surface area (Å²) in [5.74, 6) is -1.11. The number of aromatic nitrogens is 1. The van der Waals surface area contributed by atoms with Crippen LogP contribution >= 0.6 is 0 Å². The van der Waals surface area contributed by atoms with Gasteiger partial charge in [0.05, 0.1) is 6.61 Å². The van der Waals surface area contributed by atoms with Gasteiger partial charge in [0.2, 0.25) is 10.0 Å². The van der Waals surface area contributed by atoms with Gasteiger partial charge in [-0.25, -0.2) is 17.9 Å². The number of aromatic carboxylic acids is 1. The zero-order valence-electron chi connectivity index (χ0n) is 12.7. The second-order valence-electron chi connectivity index (χ2n) is 5.08. The molecule has 1 unspecified atom stereocenters. The van der Waals surface area contributed by atoms with Crippen LogP contribution in [0.15, 0.2) is 17.2 Å². The zero-order chi connectivity index (χ0) is 16.2. The van der Waals surface area contributed by atoms with Crippen molar-refractivity contribution in [2.24, 2.45) is 5.92 Å². The molecule has 1 rings (SSSR count). The van der Waals surface area contributed by atoms with E-state index in [9.17, 15) is 13.2 Å². The minimum absolute atomic E-state index is 0.0481. The molecule has 120 valence electrons. The summed E-state index contributed by atoms with van der Waals surface area (Å²) in [5, 5.41) is 9.07. The molecule has 0 amide bonds. The summed E-state index contributed by atoms with van der Waals surface area (Å²) in [6, 6.07) is 0.788. The summed E-state index contributed by atoms with van der Waals surface area (Å²) in [5.41, 5.74) is -0.0503. The molecule has 0 spiro atoms. The lowest BCUT2D eigenvalue weighted by Crippen LogP contribution is -2.41. The smallest absolute Gasteiger partial charge is 0.352 e. The summed E-state index contributed by atoms with van der Waals surface area (Å²) >= 11 is 0. The summed E-state index contributed by atoms with van der Waals surface area (Å²) < 4.78 is 33.7. The van der Waals surface area contributed by atoms with Crippen molar-refractivity contribution in [3.05, 3.63) is 18.0 Å². The third-order valence-corrected chi connectivity index (χ3v) is 4.66. The highest BCUT2D eigenvalue weighted by Gasteiger charge is 2.25. The maximum atomic E-state index is 12.4. The first kappa shape index (κ1) is 17.7. The van der Waals surface area contributed by atoms with Crippen LogP contribution < -0.4 is 4.72 Å². The second-order valence-corrected chi connectivity index (χ2v) is 6.79. The number of sulfonamides is 1. The largest absolute Gasteiger partial charge is 0.477 e. The molecule has 21 heavy (non-hydrogen) atoms. The fourth-order valence-electron chi connectivity index (χ4n) is 1.88. The molecule has 0 saturated carbocycles. The first-order chi connectivity index (χ1) is 9.72. The Balaban J connectivity index is 3.10. The predicted octanol–water partition coefficient (Wildman–Crippen LogP) is 1.16. The number of rotatable bonds is 8. The fraction of sp³-hybridized carbons (Fsp3) is 0.615. The monoisotopic (exact) mass is 318 g/mol. The standard InChI is InChI=1S/C13H22N2O5S/c1-5-15-7-10(6-12(15)13(16)17)21(18,19)14-11(8-20-4)9(2)3/h6-7,9,11,14H,5,8H2,1-4H3,(H,16,17). The van der Waals surface area contributed by atoms with E-state index in [1.165, 1.54) is 23.9 Å². The lowest BCUT2D eigenvalue weighted by Gasteiger charge is -2.20. The Hall–Kier alpha value is -1.38. The molecule has 1 aromatic heterocycles. The maximum Gasteiger partial charge on any atom is 0.352 e. The molecule has 0 aromatic carbocycles. The van der Waals surface area contributed by atoms with Gasteiger partial charge < -0.3 is 14.4 Å². The van der Waals surface area contributed by atoms with Gasteiger partial charge in [0.1, 0.15) is 10.6 Å². The highest BCUT2D eigenvalue weighted by atomic mass is 32.2. The lowest BCUT2D eigenvalue weighted by molar-refractivity contribution is 0.0685. The van der Waals surface area contributed by atoms with Crippen molar-refractivity contribution in [2.45, 2.75) is 38.3 Å². The summed E-state index contributed by atoms with van der Waals surface area (Å²) in [6.07, 6.45) is 1.33. The van der Waals surface area contributed by atoms with Crippen LogP contribution in [0.4, 0.5) is 0 Å². The maximum absolute atomic E-state index is 12.4. The summed E-state index contributed by atoms with van der Waals surface area (Å²) in [7, 11) is -2.29. The molecule has 8 heteroatoms. The number of nitrogens with one attached hydrogen (secondary N) is 1. The molecule has 0 bridgehead atoms. The Morgan fingerprint density at radius 2 is 2.10 bits per heavy atom. The van der Waals surface area contributed by atoms with Crippen LogP contribution in [0.5, 0.6) is 0 Å². The Morgan fingerprint density at radius 3 is 2.48 bits per heavy atom. The van der Waals surface area contributed by atoms with Gasteiger partial charge in [0, 0.05) is 25.9 Å². The van der Waals surface area contributed by atoms with Gasteiger partial charge in [-0.15, -0.1) is 0 Å². The van der Waals surface area contributed by atoms with E-state index in [-0.39, 0.29) is 29.2 Å². The highest BCUT2D eigenvalue weighted by molar-refractivity contribution is 7.89. The molecule has 0 saturated heterocycles. The molecule has 2 N–H and O–H groups in total. The van der Waals surface area contributed by atoms with Crippen LogP contribution in [0.25, 0.3) is 0 Å². The third-order valence-electron chi connectivity index (χ3n) is 3.20. The number of nitrogens with zero attached hydrogens (tertiary/aromatic N) is 1. The molecule has 0 aliphatic rings. The van der Waals surface area contributed by atoms with E-state index in [1.807, 2.05) is 13.8 Å². The van der Waals surface area contributed by atoms with Gasteiger partial charge in [-0.1, -0.05) is 13.8 Å². The zero-order valence-corrected chi connectivity index (χ0v) is 13.5. The van der Waals surface area contributed by atoms with Crippen molar-refractivity contribution in [3.8, 4) is 0 Å². The number of aryl methyl sites for hydroxylation is 1. The molecular formula is C13H22N2O5S. The average molecular weight is 318 g/mol.